The molecule has 0 atom stereocenters. The minimum atomic E-state index is -3.62. The Hall–Kier alpha value is -1.93. The van der Waals surface area contributed by atoms with E-state index in [0.717, 1.165) is 5.52 Å². The van der Waals surface area contributed by atoms with Crippen LogP contribution in [-0.4, -0.2) is 29.4 Å². The van der Waals surface area contributed by atoms with E-state index in [1.807, 2.05) is 0 Å². The Balaban J connectivity index is 0.000000386. The number of sulfonamides is 1. The number of rotatable bonds is 1. The quantitative estimate of drug-likeness (QED) is 0.666. The van der Waals surface area contributed by atoms with Gasteiger partial charge in [-0.2, -0.15) is 0 Å². The van der Waals surface area contributed by atoms with Crippen molar-refractivity contribution in [3.8, 4) is 0 Å². The van der Waals surface area contributed by atoms with Crippen LogP contribution < -0.4 is 5.14 Å². The topological polar surface area (TPSA) is 115 Å². The van der Waals surface area contributed by atoms with Crippen LogP contribution in [0, 0.1) is 0 Å². The number of hydrogen-bond donors (Lipinski definition) is 2. The van der Waals surface area contributed by atoms with Crippen molar-refractivity contribution in [2.75, 3.05) is 0 Å². The number of carbonyl (C=O) groups is 1. The summed E-state index contributed by atoms with van der Waals surface area (Å²) < 4.78 is 23.5. The Morgan fingerprint density at radius 3 is 2.62 bits per heavy atom. The van der Waals surface area contributed by atoms with Crippen LogP contribution in [-0.2, 0) is 14.8 Å². The lowest BCUT2D eigenvalue weighted by molar-refractivity contribution is -0.122. The van der Waals surface area contributed by atoms with Gasteiger partial charge in [0.2, 0.25) is 10.0 Å². The Kier molecular flexibility index (Phi) is 3.59. The molecular weight excluding hydrogens is 234 g/mol. The molecule has 2 heterocycles. The fourth-order valence-corrected chi connectivity index (χ4v) is 1.59. The number of nitrogens with two attached hydrogens (primary N) is 1. The lowest BCUT2D eigenvalue weighted by Crippen LogP contribution is -2.12. The van der Waals surface area contributed by atoms with Crippen LogP contribution in [0.15, 0.2) is 35.7 Å². The van der Waals surface area contributed by atoms with Gasteiger partial charge >= 0.3 is 0 Å². The van der Waals surface area contributed by atoms with E-state index in [4.69, 9.17) is 15.0 Å². The molecule has 86 valence electrons. The Labute approximate surface area is 91.2 Å². The normalized spacial score (nSPS) is 10.6. The summed E-state index contributed by atoms with van der Waals surface area (Å²) in [6.07, 6.45) is 4.58. The number of imidazole rings is 1. The molecular formula is C8H9N3O4S. The van der Waals surface area contributed by atoms with Gasteiger partial charge in [0.1, 0.15) is 0 Å². The van der Waals surface area contributed by atoms with Crippen molar-refractivity contribution in [2.24, 2.45) is 5.14 Å². The van der Waals surface area contributed by atoms with Crippen LogP contribution in [0.5, 0.6) is 0 Å². The molecule has 7 nitrogen and oxygen atoms in total. The number of hydrogen-bond acceptors (Lipinski definition) is 4. The first-order valence-electron chi connectivity index (χ1n) is 4.01. The predicted molar refractivity (Wildman–Crippen MR) is 55.3 cm³/mol. The molecule has 8 heteroatoms. The molecule has 2 aromatic rings. The molecule has 0 spiro atoms. The van der Waals surface area contributed by atoms with Crippen molar-refractivity contribution < 1.29 is 18.3 Å². The van der Waals surface area contributed by atoms with Gasteiger partial charge in [0, 0.05) is 6.20 Å². The molecule has 0 saturated heterocycles. The number of fused-ring (bicyclic) bond motifs is 1. The second-order valence-electron chi connectivity index (χ2n) is 2.74. The summed E-state index contributed by atoms with van der Waals surface area (Å²) in [5.41, 5.74) is 0.826. The Bertz CT molecular complexity index is 590. The van der Waals surface area contributed by atoms with E-state index in [9.17, 15) is 8.42 Å². The molecule has 16 heavy (non-hydrogen) atoms. The second kappa shape index (κ2) is 4.73. The SMILES string of the molecule is NS(=O)(=O)c1ccc2cncn2c1.O=CO. The smallest absolute Gasteiger partial charge is 0.290 e. The molecule has 0 aliphatic rings. The maximum Gasteiger partial charge on any atom is 0.290 e. The van der Waals surface area contributed by atoms with Gasteiger partial charge in [0.15, 0.2) is 0 Å². The third kappa shape index (κ3) is 2.78. The molecule has 0 aliphatic carbocycles. The number of primary sulfonamides is 1. The van der Waals surface area contributed by atoms with E-state index in [0.29, 0.717) is 0 Å². The summed E-state index contributed by atoms with van der Waals surface area (Å²) in [5, 5.41) is 11.8. The monoisotopic (exact) mass is 243 g/mol. The number of pyridine rings is 1. The minimum Gasteiger partial charge on any atom is -0.483 e. The third-order valence-electron chi connectivity index (χ3n) is 1.71. The van der Waals surface area contributed by atoms with E-state index in [2.05, 4.69) is 4.98 Å². The van der Waals surface area contributed by atoms with Gasteiger partial charge in [-0.1, -0.05) is 0 Å². The van der Waals surface area contributed by atoms with Crippen molar-refractivity contribution in [2.45, 2.75) is 4.90 Å². The summed E-state index contributed by atoms with van der Waals surface area (Å²) in [6, 6.07) is 3.10. The molecule has 0 aliphatic heterocycles. The summed E-state index contributed by atoms with van der Waals surface area (Å²) in [4.78, 5) is 12.3. The highest BCUT2D eigenvalue weighted by Gasteiger charge is 2.07. The van der Waals surface area contributed by atoms with Crippen LogP contribution in [0.25, 0.3) is 5.52 Å². The lowest BCUT2D eigenvalue weighted by Gasteiger charge is -1.98. The van der Waals surface area contributed by atoms with Crippen LogP contribution in [0.4, 0.5) is 0 Å². The lowest BCUT2D eigenvalue weighted by atomic mass is 10.4. The van der Waals surface area contributed by atoms with E-state index in [1.54, 1.807) is 16.7 Å². The molecule has 0 fully saturated rings. The highest BCUT2D eigenvalue weighted by molar-refractivity contribution is 7.89. The van der Waals surface area contributed by atoms with Crippen molar-refractivity contribution in [3.63, 3.8) is 0 Å². The highest BCUT2D eigenvalue weighted by atomic mass is 32.2. The largest absolute Gasteiger partial charge is 0.483 e. The zero-order chi connectivity index (χ0) is 12.2. The van der Waals surface area contributed by atoms with Gasteiger partial charge in [-0.3, -0.25) is 4.79 Å². The molecule has 0 saturated carbocycles. The fraction of sp³-hybridized carbons (Fsp3) is 0. The number of aromatic nitrogens is 2. The molecule has 0 unspecified atom stereocenters. The van der Waals surface area contributed by atoms with E-state index >= 15 is 0 Å². The zero-order valence-electron chi connectivity index (χ0n) is 8.02. The van der Waals surface area contributed by atoms with Gasteiger partial charge in [-0.05, 0) is 12.1 Å². The second-order valence-corrected chi connectivity index (χ2v) is 4.30. The highest BCUT2D eigenvalue weighted by Crippen LogP contribution is 2.08. The van der Waals surface area contributed by atoms with Crippen molar-refractivity contribution in [3.05, 3.63) is 30.9 Å². The first kappa shape index (κ1) is 12.1. The maximum atomic E-state index is 10.9. The summed E-state index contributed by atoms with van der Waals surface area (Å²) in [7, 11) is -3.62. The number of nitrogens with zero attached hydrogens (tertiary/aromatic N) is 2. The summed E-state index contributed by atoms with van der Waals surface area (Å²) in [6.45, 7) is -0.250. The average Bonchev–Trinajstić information content (AvgIpc) is 2.63. The third-order valence-corrected chi connectivity index (χ3v) is 2.61. The standard InChI is InChI=1S/C7H7N3O2S.CH2O2/c8-13(11,12)7-2-1-6-3-9-5-10(6)4-7;2-1-3/h1-5H,(H2,8,11,12);1H,(H,2,3). The summed E-state index contributed by atoms with van der Waals surface area (Å²) in [5.74, 6) is 0. The minimum absolute atomic E-state index is 0.0815. The molecule has 0 radical (unpaired) electrons. The zero-order valence-corrected chi connectivity index (χ0v) is 8.83. The van der Waals surface area contributed by atoms with E-state index < -0.39 is 10.0 Å². The first-order chi connectivity index (χ1) is 7.49. The molecule has 0 bridgehead atoms. The molecule has 0 amide bonds. The first-order valence-corrected chi connectivity index (χ1v) is 5.56. The molecule has 3 N–H and O–H groups in total. The predicted octanol–water partition coefficient (Wildman–Crippen LogP) is -0.317. The number of carboxylic acid groups (broad SMARTS) is 1. The maximum absolute atomic E-state index is 10.9. The van der Waals surface area contributed by atoms with Crippen molar-refractivity contribution >= 4 is 22.0 Å². The van der Waals surface area contributed by atoms with Crippen LogP contribution in [0.2, 0.25) is 0 Å². The van der Waals surface area contributed by atoms with Gasteiger partial charge in [-0.15, -0.1) is 0 Å². The van der Waals surface area contributed by atoms with Crippen molar-refractivity contribution in [1.82, 2.24) is 9.38 Å². The van der Waals surface area contributed by atoms with Crippen molar-refractivity contribution in [1.29, 1.82) is 0 Å². The average molecular weight is 243 g/mol. The van der Waals surface area contributed by atoms with Gasteiger partial charge in [0.25, 0.3) is 6.47 Å². The van der Waals surface area contributed by atoms with E-state index in [1.165, 1.54) is 18.6 Å². The van der Waals surface area contributed by atoms with Gasteiger partial charge in [0.05, 0.1) is 22.9 Å². The van der Waals surface area contributed by atoms with E-state index in [-0.39, 0.29) is 11.4 Å². The Morgan fingerprint density at radius 1 is 1.44 bits per heavy atom. The fourth-order valence-electron chi connectivity index (χ4n) is 1.07. The van der Waals surface area contributed by atoms with Gasteiger partial charge in [-0.25, -0.2) is 18.5 Å². The van der Waals surface area contributed by atoms with Crippen LogP contribution >= 0.6 is 0 Å². The molecule has 2 rings (SSSR count). The molecule has 0 aromatic carbocycles. The summed E-state index contributed by atoms with van der Waals surface area (Å²) >= 11 is 0. The Morgan fingerprint density at radius 2 is 2.06 bits per heavy atom. The van der Waals surface area contributed by atoms with Gasteiger partial charge < -0.3 is 9.51 Å². The van der Waals surface area contributed by atoms with Crippen LogP contribution in [0.3, 0.4) is 0 Å². The van der Waals surface area contributed by atoms with Crippen LogP contribution in [0.1, 0.15) is 0 Å². The molecule has 2 aromatic heterocycles.